The number of pyridine rings is 1. The smallest absolute Gasteiger partial charge is 0.161 e. The van der Waals surface area contributed by atoms with E-state index in [-0.39, 0.29) is 12.1 Å². The van der Waals surface area contributed by atoms with Gasteiger partial charge in [0.05, 0.1) is 22.2 Å². The van der Waals surface area contributed by atoms with Crippen molar-refractivity contribution in [3.8, 4) is 0 Å². The number of hydrazine groups is 1. The molecule has 1 aliphatic rings. The molecule has 2 unspecified atom stereocenters. The average Bonchev–Trinajstić information content (AvgIpc) is 2.68. The first-order valence-electron chi connectivity index (χ1n) is 5.32. The number of hydrogen-bond acceptors (Lipinski definition) is 5. The lowest BCUT2D eigenvalue weighted by Gasteiger charge is -2.18. The van der Waals surface area contributed by atoms with Gasteiger partial charge in [0.15, 0.2) is 5.82 Å². The van der Waals surface area contributed by atoms with Crippen LogP contribution < -0.4 is 16.6 Å². The van der Waals surface area contributed by atoms with E-state index in [4.69, 9.17) is 33.8 Å². The lowest BCUT2D eigenvalue weighted by molar-refractivity contribution is 0.121. The van der Waals surface area contributed by atoms with E-state index < -0.39 is 0 Å². The van der Waals surface area contributed by atoms with Crippen molar-refractivity contribution in [3.63, 3.8) is 0 Å². The summed E-state index contributed by atoms with van der Waals surface area (Å²) in [6.45, 7) is 2.75. The SMILES string of the molecule is CC1OCCC1Nc1nc(NN)c(Cl)cc1Cl. The molecule has 0 amide bonds. The maximum Gasteiger partial charge on any atom is 0.161 e. The van der Waals surface area contributed by atoms with E-state index in [2.05, 4.69) is 15.7 Å². The lowest BCUT2D eigenvalue weighted by Crippen LogP contribution is -2.27. The molecule has 94 valence electrons. The summed E-state index contributed by atoms with van der Waals surface area (Å²) in [7, 11) is 0. The Morgan fingerprint density at radius 1 is 1.41 bits per heavy atom. The highest BCUT2D eigenvalue weighted by molar-refractivity contribution is 6.37. The molecule has 1 fully saturated rings. The van der Waals surface area contributed by atoms with Crippen molar-refractivity contribution in [2.45, 2.75) is 25.5 Å². The van der Waals surface area contributed by atoms with Crippen LogP contribution in [0.3, 0.4) is 0 Å². The molecule has 4 N–H and O–H groups in total. The normalized spacial score (nSPS) is 23.8. The van der Waals surface area contributed by atoms with Gasteiger partial charge in [-0.3, -0.25) is 0 Å². The molecule has 0 aliphatic carbocycles. The molecule has 0 spiro atoms. The minimum Gasteiger partial charge on any atom is -0.376 e. The van der Waals surface area contributed by atoms with Crippen LogP contribution in [0.1, 0.15) is 13.3 Å². The topological polar surface area (TPSA) is 72.2 Å². The van der Waals surface area contributed by atoms with Gasteiger partial charge in [-0.1, -0.05) is 23.2 Å². The lowest BCUT2D eigenvalue weighted by atomic mass is 10.1. The van der Waals surface area contributed by atoms with Gasteiger partial charge >= 0.3 is 0 Å². The minimum absolute atomic E-state index is 0.137. The molecular weight excluding hydrogens is 263 g/mol. The number of aromatic nitrogens is 1. The maximum absolute atomic E-state index is 6.07. The molecule has 2 rings (SSSR count). The molecule has 1 aliphatic heterocycles. The van der Waals surface area contributed by atoms with E-state index in [1.807, 2.05) is 6.92 Å². The van der Waals surface area contributed by atoms with E-state index in [0.717, 1.165) is 13.0 Å². The van der Waals surface area contributed by atoms with Gasteiger partial charge in [0.25, 0.3) is 0 Å². The minimum atomic E-state index is 0.137. The molecule has 1 saturated heterocycles. The highest BCUT2D eigenvalue weighted by Crippen LogP contribution is 2.30. The van der Waals surface area contributed by atoms with Gasteiger partial charge in [-0.05, 0) is 19.4 Å². The van der Waals surface area contributed by atoms with Crippen molar-refractivity contribution in [3.05, 3.63) is 16.1 Å². The van der Waals surface area contributed by atoms with E-state index in [1.165, 1.54) is 0 Å². The molecule has 17 heavy (non-hydrogen) atoms. The van der Waals surface area contributed by atoms with Crippen molar-refractivity contribution in [1.82, 2.24) is 4.98 Å². The van der Waals surface area contributed by atoms with Crippen LogP contribution in [-0.2, 0) is 4.74 Å². The third-order valence-corrected chi connectivity index (χ3v) is 3.34. The van der Waals surface area contributed by atoms with E-state index >= 15 is 0 Å². The van der Waals surface area contributed by atoms with Crippen LogP contribution in [0.2, 0.25) is 10.0 Å². The Morgan fingerprint density at radius 3 is 2.71 bits per heavy atom. The summed E-state index contributed by atoms with van der Waals surface area (Å²) < 4.78 is 5.46. The van der Waals surface area contributed by atoms with Crippen LogP contribution in [0.15, 0.2) is 6.07 Å². The van der Waals surface area contributed by atoms with Gasteiger partial charge in [-0.2, -0.15) is 0 Å². The van der Waals surface area contributed by atoms with Gasteiger partial charge in [0, 0.05) is 6.61 Å². The van der Waals surface area contributed by atoms with Crippen molar-refractivity contribution >= 4 is 34.8 Å². The van der Waals surface area contributed by atoms with Crippen molar-refractivity contribution in [2.75, 3.05) is 17.3 Å². The largest absolute Gasteiger partial charge is 0.376 e. The Labute approximate surface area is 110 Å². The van der Waals surface area contributed by atoms with Crippen LogP contribution in [0.4, 0.5) is 11.6 Å². The van der Waals surface area contributed by atoms with Crippen LogP contribution >= 0.6 is 23.2 Å². The van der Waals surface area contributed by atoms with Gasteiger partial charge in [0.1, 0.15) is 5.82 Å². The maximum atomic E-state index is 6.07. The standard InChI is InChI=1S/C10H14Cl2N4O/c1-5-8(2-3-17-5)14-9-6(11)4-7(12)10(15-9)16-13/h4-5,8H,2-3,13H2,1H3,(H2,14,15,16). The fourth-order valence-corrected chi connectivity index (χ4v) is 2.23. The zero-order valence-corrected chi connectivity index (χ0v) is 10.8. The summed E-state index contributed by atoms with van der Waals surface area (Å²) in [5.41, 5.74) is 2.43. The number of ether oxygens (including phenoxy) is 1. The Balaban J connectivity index is 2.20. The molecule has 0 bridgehead atoms. The van der Waals surface area contributed by atoms with Crippen LogP contribution in [0, 0.1) is 0 Å². The summed E-state index contributed by atoms with van der Waals surface area (Å²) in [6.07, 6.45) is 1.06. The summed E-state index contributed by atoms with van der Waals surface area (Å²) in [6, 6.07) is 1.81. The summed E-state index contributed by atoms with van der Waals surface area (Å²) in [5.74, 6) is 6.27. The Kier molecular flexibility index (Phi) is 3.93. The zero-order chi connectivity index (χ0) is 12.4. The van der Waals surface area contributed by atoms with Gasteiger partial charge in [-0.15, -0.1) is 0 Å². The average molecular weight is 277 g/mol. The number of nitrogens with one attached hydrogen (secondary N) is 2. The zero-order valence-electron chi connectivity index (χ0n) is 9.34. The van der Waals surface area contributed by atoms with Gasteiger partial charge < -0.3 is 15.5 Å². The van der Waals surface area contributed by atoms with Crippen molar-refractivity contribution in [2.24, 2.45) is 5.84 Å². The number of halogens is 2. The third kappa shape index (κ3) is 2.74. The molecule has 2 atom stereocenters. The number of nitrogen functional groups attached to an aromatic ring is 1. The number of nitrogens with zero attached hydrogens (tertiary/aromatic N) is 1. The molecule has 0 saturated carbocycles. The predicted octanol–water partition coefficient (Wildman–Crippen LogP) is 2.26. The third-order valence-electron chi connectivity index (χ3n) is 2.76. The first-order chi connectivity index (χ1) is 8.11. The van der Waals surface area contributed by atoms with Crippen molar-refractivity contribution in [1.29, 1.82) is 0 Å². The summed E-state index contributed by atoms with van der Waals surface area (Å²) >= 11 is 12.0. The first kappa shape index (κ1) is 12.7. The number of hydrogen-bond donors (Lipinski definition) is 3. The summed E-state index contributed by atoms with van der Waals surface area (Å²) in [4.78, 5) is 4.22. The number of nitrogens with two attached hydrogens (primary N) is 1. The second-order valence-corrected chi connectivity index (χ2v) is 4.72. The Bertz CT molecular complexity index is 416. The van der Waals surface area contributed by atoms with Gasteiger partial charge in [-0.25, -0.2) is 10.8 Å². The molecule has 1 aromatic heterocycles. The fourth-order valence-electron chi connectivity index (χ4n) is 1.77. The molecule has 0 radical (unpaired) electrons. The van der Waals surface area contributed by atoms with Gasteiger partial charge in [0.2, 0.25) is 0 Å². The van der Waals surface area contributed by atoms with E-state index in [0.29, 0.717) is 21.7 Å². The highest BCUT2D eigenvalue weighted by atomic mass is 35.5. The quantitative estimate of drug-likeness (QED) is 0.584. The Morgan fingerprint density at radius 2 is 2.12 bits per heavy atom. The number of rotatable bonds is 3. The highest BCUT2D eigenvalue weighted by Gasteiger charge is 2.25. The summed E-state index contributed by atoms with van der Waals surface area (Å²) in [5, 5.41) is 4.09. The van der Waals surface area contributed by atoms with Crippen LogP contribution in [-0.4, -0.2) is 23.7 Å². The Hall–Kier alpha value is -0.750. The molecule has 2 heterocycles. The molecule has 7 heteroatoms. The van der Waals surface area contributed by atoms with Crippen LogP contribution in [0.25, 0.3) is 0 Å². The fraction of sp³-hybridized carbons (Fsp3) is 0.500. The second-order valence-electron chi connectivity index (χ2n) is 3.91. The number of anilines is 2. The van der Waals surface area contributed by atoms with E-state index in [1.54, 1.807) is 6.07 Å². The monoisotopic (exact) mass is 276 g/mol. The van der Waals surface area contributed by atoms with Crippen molar-refractivity contribution < 1.29 is 4.74 Å². The van der Waals surface area contributed by atoms with Crippen LogP contribution in [0.5, 0.6) is 0 Å². The predicted molar refractivity (Wildman–Crippen MR) is 69.5 cm³/mol. The molecular formula is C10H14Cl2N4O. The molecule has 5 nitrogen and oxygen atoms in total. The first-order valence-corrected chi connectivity index (χ1v) is 6.08. The second kappa shape index (κ2) is 5.27. The molecule has 0 aromatic carbocycles. The van der Waals surface area contributed by atoms with E-state index in [9.17, 15) is 0 Å². The molecule has 1 aromatic rings.